The van der Waals surface area contributed by atoms with Crippen molar-refractivity contribution in [2.75, 3.05) is 19.3 Å². The number of carbonyl (C=O) groups is 1. The van der Waals surface area contributed by atoms with Gasteiger partial charge in [0, 0.05) is 24.7 Å². The molecule has 30 heavy (non-hydrogen) atoms. The minimum Gasteiger partial charge on any atom is -0.480 e. The molecule has 0 unspecified atom stereocenters. The Morgan fingerprint density at radius 1 is 1.03 bits per heavy atom. The zero-order valence-electron chi connectivity index (χ0n) is 17.4. The second kappa shape index (κ2) is 8.29. The van der Waals surface area contributed by atoms with Gasteiger partial charge >= 0.3 is 5.97 Å². The molecule has 1 heterocycles. The topological polar surface area (TPSA) is 131 Å². The summed E-state index contributed by atoms with van der Waals surface area (Å²) >= 11 is 0. The summed E-state index contributed by atoms with van der Waals surface area (Å²) < 4.78 is 32.6. The van der Waals surface area contributed by atoms with E-state index in [1.165, 1.54) is 32.1 Å². The summed E-state index contributed by atoms with van der Waals surface area (Å²) in [4.78, 5) is 22.6. The average molecular weight is 448 g/mol. The molecule has 6 fully saturated rings. The van der Waals surface area contributed by atoms with Gasteiger partial charge in [-0.1, -0.05) is 0 Å². The first-order valence-electron chi connectivity index (χ1n) is 11.0. The van der Waals surface area contributed by atoms with Crippen LogP contribution in [0.5, 0.6) is 0 Å². The number of nitrogens with one attached hydrogen (secondary N) is 1. The normalized spacial score (nSPS) is 44.3. The summed E-state index contributed by atoms with van der Waals surface area (Å²) in [6.45, 7) is 0.787. The van der Waals surface area contributed by atoms with Crippen LogP contribution in [0.25, 0.3) is 0 Å². The van der Waals surface area contributed by atoms with Gasteiger partial charge in [0.05, 0.1) is 12.8 Å². The average Bonchev–Trinajstić information content (AvgIpc) is 3.00. The summed E-state index contributed by atoms with van der Waals surface area (Å²) in [5, 5.41) is 11.8. The molecule has 0 amide bonds. The molecule has 172 valence electrons. The van der Waals surface area contributed by atoms with Crippen LogP contribution in [-0.4, -0.2) is 55.0 Å². The number of ether oxygens (including phenoxy) is 1. The Morgan fingerprint density at radius 3 is 2.07 bits per heavy atom. The van der Waals surface area contributed by atoms with E-state index < -0.39 is 27.7 Å². The molecule has 10 heteroatoms. The van der Waals surface area contributed by atoms with E-state index in [4.69, 9.17) is 24.2 Å². The van der Waals surface area contributed by atoms with Crippen LogP contribution in [-0.2, 0) is 29.4 Å². The third kappa shape index (κ3) is 4.83. The summed E-state index contributed by atoms with van der Waals surface area (Å²) in [5.74, 6) is 1.46. The highest BCUT2D eigenvalue weighted by atomic mass is 32.2. The van der Waals surface area contributed by atoms with Gasteiger partial charge in [0.1, 0.15) is 0 Å². The van der Waals surface area contributed by atoms with Crippen molar-refractivity contribution in [1.29, 1.82) is 0 Å². The lowest BCUT2D eigenvalue weighted by atomic mass is 9.53. The standard InChI is InChI=1S/C19H29NO5.CH4O3S/c21-17(22)11-20-10-12-1-3-18(4-2-12)23-19(25-24-18)15-6-13-5-14(8-15)9-16(19)7-13;1-5(2,3)4/h12-16,20H,1-11H2,(H,21,22);1H3,(H,2,3,4). The molecule has 1 aliphatic heterocycles. The van der Waals surface area contributed by atoms with E-state index in [0.29, 0.717) is 24.0 Å². The Kier molecular flexibility index (Phi) is 6.19. The predicted octanol–water partition coefficient (Wildman–Crippen LogP) is 2.18. The van der Waals surface area contributed by atoms with E-state index in [-0.39, 0.29) is 6.54 Å². The van der Waals surface area contributed by atoms with Gasteiger partial charge in [0.2, 0.25) is 11.6 Å². The molecule has 6 rings (SSSR count). The zero-order valence-corrected chi connectivity index (χ0v) is 18.2. The van der Waals surface area contributed by atoms with Crippen molar-refractivity contribution in [1.82, 2.24) is 5.32 Å². The second-order valence-corrected chi connectivity index (χ2v) is 11.4. The molecule has 1 saturated heterocycles. The van der Waals surface area contributed by atoms with Crippen LogP contribution in [0.3, 0.4) is 0 Å². The Hall–Kier alpha value is -0.780. The lowest BCUT2D eigenvalue weighted by Gasteiger charge is -2.57. The van der Waals surface area contributed by atoms with Crippen LogP contribution in [0.1, 0.15) is 57.8 Å². The van der Waals surface area contributed by atoms with E-state index in [1.54, 1.807) is 0 Å². The number of aliphatic carboxylic acids is 1. The van der Waals surface area contributed by atoms with Crippen molar-refractivity contribution in [2.24, 2.45) is 29.6 Å². The Balaban J connectivity index is 0.000000393. The van der Waals surface area contributed by atoms with Gasteiger partial charge in [0.15, 0.2) is 0 Å². The molecule has 0 aromatic rings. The minimum atomic E-state index is -3.67. The fourth-order valence-electron chi connectivity index (χ4n) is 6.50. The smallest absolute Gasteiger partial charge is 0.317 e. The van der Waals surface area contributed by atoms with Gasteiger partial charge in [-0.15, -0.1) is 0 Å². The molecule has 6 aliphatic rings. The van der Waals surface area contributed by atoms with E-state index in [1.807, 2.05) is 0 Å². The summed E-state index contributed by atoms with van der Waals surface area (Å²) in [6.07, 6.45) is 10.8. The fourth-order valence-corrected chi connectivity index (χ4v) is 6.50. The number of rotatable bonds is 4. The highest BCUT2D eigenvalue weighted by Gasteiger charge is 2.66. The molecular weight excluding hydrogens is 414 g/mol. The molecule has 5 saturated carbocycles. The maximum Gasteiger partial charge on any atom is 0.317 e. The van der Waals surface area contributed by atoms with Gasteiger partial charge in [-0.3, -0.25) is 9.35 Å². The first kappa shape index (κ1) is 22.4. The van der Waals surface area contributed by atoms with Crippen LogP contribution in [0.15, 0.2) is 0 Å². The van der Waals surface area contributed by atoms with Gasteiger partial charge < -0.3 is 15.2 Å². The van der Waals surface area contributed by atoms with Crippen molar-refractivity contribution in [2.45, 2.75) is 69.4 Å². The first-order chi connectivity index (χ1) is 14.1. The maximum atomic E-state index is 10.6. The number of carboxylic acid groups (broad SMARTS) is 1. The van der Waals surface area contributed by atoms with Crippen LogP contribution in [0.4, 0.5) is 0 Å². The fraction of sp³-hybridized carbons (Fsp3) is 0.950. The van der Waals surface area contributed by atoms with Gasteiger partial charge in [-0.2, -0.15) is 18.2 Å². The number of hydrogen-bond acceptors (Lipinski definition) is 7. The molecule has 4 bridgehead atoms. The van der Waals surface area contributed by atoms with Crippen LogP contribution < -0.4 is 5.32 Å². The van der Waals surface area contributed by atoms with E-state index in [2.05, 4.69) is 5.32 Å². The van der Waals surface area contributed by atoms with E-state index in [0.717, 1.165) is 44.1 Å². The molecule has 5 aliphatic carbocycles. The summed E-state index contributed by atoms with van der Waals surface area (Å²) in [6, 6.07) is 0. The van der Waals surface area contributed by atoms with Gasteiger partial charge in [-0.25, -0.2) is 0 Å². The number of hydrogen-bond donors (Lipinski definition) is 3. The SMILES string of the molecule is CS(=O)(=O)O.O=C(O)CNCC1CCC2(CC1)OOC1(O2)C2CC3CC(C2)CC1C3. The quantitative estimate of drug-likeness (QED) is 0.438. The predicted molar refractivity (Wildman–Crippen MR) is 106 cm³/mol. The third-order valence-corrected chi connectivity index (χ3v) is 7.52. The van der Waals surface area contributed by atoms with Gasteiger partial charge in [-0.05, 0) is 69.2 Å². The van der Waals surface area contributed by atoms with Crippen molar-refractivity contribution in [3.05, 3.63) is 0 Å². The molecule has 9 nitrogen and oxygen atoms in total. The lowest BCUT2D eigenvalue weighted by molar-refractivity contribution is -0.390. The van der Waals surface area contributed by atoms with Crippen LogP contribution in [0, 0.1) is 29.6 Å². The van der Waals surface area contributed by atoms with E-state index in [9.17, 15) is 13.2 Å². The molecule has 3 N–H and O–H groups in total. The monoisotopic (exact) mass is 447 g/mol. The first-order valence-corrected chi connectivity index (χ1v) is 12.8. The lowest BCUT2D eigenvalue weighted by Crippen LogP contribution is -2.59. The molecule has 0 aromatic heterocycles. The van der Waals surface area contributed by atoms with Crippen molar-refractivity contribution in [3.8, 4) is 0 Å². The summed E-state index contributed by atoms with van der Waals surface area (Å²) in [7, 11) is -3.67. The largest absolute Gasteiger partial charge is 0.480 e. The Labute approximate surface area is 177 Å². The molecule has 0 aromatic carbocycles. The van der Waals surface area contributed by atoms with Crippen LogP contribution in [0.2, 0.25) is 0 Å². The zero-order chi connectivity index (χ0) is 21.6. The van der Waals surface area contributed by atoms with E-state index >= 15 is 0 Å². The number of carboxylic acids is 1. The van der Waals surface area contributed by atoms with Crippen molar-refractivity contribution >= 4 is 16.1 Å². The molecular formula is C20H33NO8S. The molecule has 0 radical (unpaired) electrons. The Bertz CT molecular complexity index is 710. The Morgan fingerprint density at radius 2 is 1.57 bits per heavy atom. The van der Waals surface area contributed by atoms with Crippen molar-refractivity contribution in [3.63, 3.8) is 0 Å². The molecule has 0 atom stereocenters. The summed E-state index contributed by atoms with van der Waals surface area (Å²) in [5.41, 5.74) is 0. The third-order valence-electron chi connectivity index (χ3n) is 7.52. The van der Waals surface area contributed by atoms with Crippen LogP contribution >= 0.6 is 0 Å². The van der Waals surface area contributed by atoms with Crippen molar-refractivity contribution < 1.29 is 37.4 Å². The minimum absolute atomic E-state index is 0.0343. The highest BCUT2D eigenvalue weighted by Crippen LogP contribution is 2.63. The highest BCUT2D eigenvalue weighted by molar-refractivity contribution is 7.85. The maximum absolute atomic E-state index is 10.6. The molecule has 2 spiro atoms. The van der Waals surface area contributed by atoms with Gasteiger partial charge in [0.25, 0.3) is 10.1 Å². The second-order valence-electron chi connectivity index (χ2n) is 9.91.